The third-order valence-electron chi connectivity index (χ3n) is 2.61. The molecule has 0 bridgehead atoms. The lowest BCUT2D eigenvalue weighted by atomic mass is 10.4. The minimum Gasteiger partial charge on any atom is -0.476 e. The van der Waals surface area contributed by atoms with Crippen LogP contribution in [0.2, 0.25) is 0 Å². The standard InChI is InChI=1S/C11H16IN3O/c12-15-7-5-14(6-8-15)9-10-16-11-3-1-2-4-13-11/h1-4H,5-10H2. The molecule has 0 N–H and O–H groups in total. The van der Waals surface area contributed by atoms with E-state index in [9.17, 15) is 0 Å². The molecule has 0 aliphatic carbocycles. The van der Waals surface area contributed by atoms with Gasteiger partial charge in [0, 0.05) is 67.9 Å². The van der Waals surface area contributed by atoms with Crippen LogP contribution in [0.15, 0.2) is 24.4 Å². The minimum absolute atomic E-state index is 0.718. The first kappa shape index (κ1) is 12.1. The van der Waals surface area contributed by atoms with E-state index in [1.807, 2.05) is 18.2 Å². The molecule has 1 fully saturated rings. The van der Waals surface area contributed by atoms with Gasteiger partial charge in [0.05, 0.1) is 0 Å². The highest BCUT2D eigenvalue weighted by Crippen LogP contribution is 2.07. The Bertz CT molecular complexity index is 301. The summed E-state index contributed by atoms with van der Waals surface area (Å²) in [6.07, 6.45) is 1.75. The summed E-state index contributed by atoms with van der Waals surface area (Å²) in [6.45, 7) is 6.26. The summed E-state index contributed by atoms with van der Waals surface area (Å²) < 4.78 is 7.89. The molecule has 16 heavy (non-hydrogen) atoms. The van der Waals surface area contributed by atoms with Crippen LogP contribution in [0.3, 0.4) is 0 Å². The van der Waals surface area contributed by atoms with Gasteiger partial charge in [-0.15, -0.1) is 0 Å². The van der Waals surface area contributed by atoms with Crippen molar-refractivity contribution in [2.75, 3.05) is 39.3 Å². The molecule has 0 radical (unpaired) electrons. The van der Waals surface area contributed by atoms with Crippen molar-refractivity contribution in [2.24, 2.45) is 0 Å². The highest BCUT2D eigenvalue weighted by Gasteiger charge is 2.14. The van der Waals surface area contributed by atoms with Crippen molar-refractivity contribution in [3.8, 4) is 5.88 Å². The van der Waals surface area contributed by atoms with Gasteiger partial charge in [-0.2, -0.15) is 0 Å². The van der Waals surface area contributed by atoms with Gasteiger partial charge < -0.3 is 4.74 Å². The fourth-order valence-corrected chi connectivity index (χ4v) is 2.09. The van der Waals surface area contributed by atoms with Gasteiger partial charge in [-0.05, 0) is 6.07 Å². The Labute approximate surface area is 110 Å². The first-order valence-electron chi connectivity index (χ1n) is 5.51. The monoisotopic (exact) mass is 333 g/mol. The number of piperazine rings is 1. The van der Waals surface area contributed by atoms with Crippen LogP contribution in [0.4, 0.5) is 0 Å². The summed E-state index contributed by atoms with van der Waals surface area (Å²) in [6, 6.07) is 5.73. The molecule has 1 aliphatic rings. The zero-order chi connectivity index (χ0) is 11.2. The summed E-state index contributed by atoms with van der Waals surface area (Å²) in [7, 11) is 0. The van der Waals surface area contributed by atoms with Gasteiger partial charge in [0.2, 0.25) is 5.88 Å². The van der Waals surface area contributed by atoms with Crippen molar-refractivity contribution < 1.29 is 4.74 Å². The number of halogens is 1. The molecule has 0 saturated carbocycles. The second kappa shape index (κ2) is 6.36. The third-order valence-corrected chi connectivity index (χ3v) is 3.58. The van der Waals surface area contributed by atoms with E-state index >= 15 is 0 Å². The predicted molar refractivity (Wildman–Crippen MR) is 71.8 cm³/mol. The van der Waals surface area contributed by atoms with Gasteiger partial charge >= 0.3 is 0 Å². The fraction of sp³-hybridized carbons (Fsp3) is 0.545. The van der Waals surface area contributed by atoms with E-state index in [0.29, 0.717) is 0 Å². The molecule has 5 heteroatoms. The molecule has 0 spiro atoms. The molecule has 0 aromatic carbocycles. The number of rotatable bonds is 4. The minimum atomic E-state index is 0.718. The Balaban J connectivity index is 1.65. The lowest BCUT2D eigenvalue weighted by Gasteiger charge is -2.30. The highest BCUT2D eigenvalue weighted by molar-refractivity contribution is 14.1. The van der Waals surface area contributed by atoms with Crippen LogP contribution >= 0.6 is 22.9 Å². The number of pyridine rings is 1. The normalized spacial score (nSPS) is 18.6. The SMILES string of the molecule is IN1CCN(CCOc2ccccn2)CC1. The van der Waals surface area contributed by atoms with E-state index in [1.54, 1.807) is 6.20 Å². The molecule has 1 saturated heterocycles. The van der Waals surface area contributed by atoms with Gasteiger partial charge in [-0.1, -0.05) is 6.07 Å². The van der Waals surface area contributed by atoms with E-state index in [2.05, 4.69) is 35.9 Å². The molecule has 2 heterocycles. The van der Waals surface area contributed by atoms with Crippen molar-refractivity contribution in [3.05, 3.63) is 24.4 Å². The molecule has 4 nitrogen and oxygen atoms in total. The summed E-state index contributed by atoms with van der Waals surface area (Å²) in [5.41, 5.74) is 0. The Morgan fingerprint density at radius 1 is 1.25 bits per heavy atom. The first-order chi connectivity index (χ1) is 7.84. The van der Waals surface area contributed by atoms with E-state index in [1.165, 1.54) is 0 Å². The smallest absolute Gasteiger partial charge is 0.213 e. The van der Waals surface area contributed by atoms with Crippen LogP contribution in [0, 0.1) is 0 Å². The van der Waals surface area contributed by atoms with Gasteiger partial charge in [0.1, 0.15) is 6.61 Å². The quantitative estimate of drug-likeness (QED) is 0.616. The van der Waals surface area contributed by atoms with E-state index < -0.39 is 0 Å². The average Bonchev–Trinajstić information content (AvgIpc) is 2.33. The summed E-state index contributed by atoms with van der Waals surface area (Å²) in [5, 5.41) is 0. The van der Waals surface area contributed by atoms with Crippen LogP contribution in [-0.2, 0) is 0 Å². The van der Waals surface area contributed by atoms with E-state index in [0.717, 1.165) is 45.2 Å². The van der Waals surface area contributed by atoms with Gasteiger partial charge in [0.15, 0.2) is 0 Å². The highest BCUT2D eigenvalue weighted by atomic mass is 127. The number of hydrogen-bond acceptors (Lipinski definition) is 4. The lowest BCUT2D eigenvalue weighted by molar-refractivity contribution is 0.168. The molecular weight excluding hydrogens is 317 g/mol. The van der Waals surface area contributed by atoms with Gasteiger partial charge in [-0.3, -0.25) is 4.90 Å². The Kier molecular flexibility index (Phi) is 4.80. The zero-order valence-electron chi connectivity index (χ0n) is 9.18. The third kappa shape index (κ3) is 3.88. The van der Waals surface area contributed by atoms with Crippen LogP contribution in [0.5, 0.6) is 5.88 Å². The molecule has 0 atom stereocenters. The maximum absolute atomic E-state index is 5.57. The molecule has 0 amide bonds. The molecule has 2 rings (SSSR count). The average molecular weight is 333 g/mol. The Hall–Kier alpha value is -0.400. The number of nitrogens with zero attached hydrogens (tertiary/aromatic N) is 3. The summed E-state index contributed by atoms with van der Waals surface area (Å²) in [5.74, 6) is 0.718. The van der Waals surface area contributed by atoms with Crippen molar-refractivity contribution >= 4 is 22.9 Å². The second-order valence-corrected chi connectivity index (χ2v) is 5.13. The van der Waals surface area contributed by atoms with Crippen LogP contribution in [0.25, 0.3) is 0 Å². The van der Waals surface area contributed by atoms with Crippen LogP contribution in [0.1, 0.15) is 0 Å². The molecule has 88 valence electrons. The van der Waals surface area contributed by atoms with Crippen molar-refractivity contribution in [3.63, 3.8) is 0 Å². The summed E-state index contributed by atoms with van der Waals surface area (Å²) >= 11 is 2.38. The first-order valence-corrected chi connectivity index (χ1v) is 6.48. The Morgan fingerprint density at radius 3 is 2.75 bits per heavy atom. The van der Waals surface area contributed by atoms with Crippen molar-refractivity contribution in [1.82, 2.24) is 13.0 Å². The lowest BCUT2D eigenvalue weighted by Crippen LogP contribution is -2.43. The maximum Gasteiger partial charge on any atom is 0.213 e. The van der Waals surface area contributed by atoms with E-state index in [4.69, 9.17) is 4.74 Å². The topological polar surface area (TPSA) is 28.6 Å². The molecule has 0 unspecified atom stereocenters. The maximum atomic E-state index is 5.57. The predicted octanol–water partition coefficient (Wildman–Crippen LogP) is 1.43. The van der Waals surface area contributed by atoms with Crippen LogP contribution in [-0.4, -0.2) is 52.3 Å². The zero-order valence-corrected chi connectivity index (χ0v) is 11.3. The Morgan fingerprint density at radius 2 is 2.06 bits per heavy atom. The number of ether oxygens (including phenoxy) is 1. The van der Waals surface area contributed by atoms with Gasteiger partial charge in [0.25, 0.3) is 0 Å². The summed E-state index contributed by atoms with van der Waals surface area (Å²) in [4.78, 5) is 6.55. The van der Waals surface area contributed by atoms with Crippen molar-refractivity contribution in [2.45, 2.75) is 0 Å². The second-order valence-electron chi connectivity index (χ2n) is 3.77. The number of hydrogen-bond donors (Lipinski definition) is 0. The molecule has 1 aromatic rings. The van der Waals surface area contributed by atoms with Crippen LogP contribution < -0.4 is 4.74 Å². The number of aromatic nitrogens is 1. The van der Waals surface area contributed by atoms with Crippen molar-refractivity contribution in [1.29, 1.82) is 0 Å². The molecular formula is C11H16IN3O. The largest absolute Gasteiger partial charge is 0.476 e. The van der Waals surface area contributed by atoms with E-state index in [-0.39, 0.29) is 0 Å². The van der Waals surface area contributed by atoms with Gasteiger partial charge in [-0.25, -0.2) is 8.10 Å². The molecule has 1 aliphatic heterocycles. The molecule has 1 aromatic heterocycles. The fourth-order valence-electron chi connectivity index (χ4n) is 1.66.